The van der Waals surface area contributed by atoms with Gasteiger partial charge in [-0.15, -0.1) is 0 Å². The summed E-state index contributed by atoms with van der Waals surface area (Å²) in [7, 11) is 6.50. The van der Waals surface area contributed by atoms with Gasteiger partial charge < -0.3 is 15.5 Å². The average molecular weight is 356 g/mol. The summed E-state index contributed by atoms with van der Waals surface area (Å²) in [5.74, 6) is 0. The third-order valence-corrected chi connectivity index (χ3v) is 5.28. The Bertz CT molecular complexity index is 512. The zero-order valence-electron chi connectivity index (χ0n) is 12.3. The van der Waals surface area contributed by atoms with Gasteiger partial charge in [-0.2, -0.15) is 0 Å². The van der Waals surface area contributed by atoms with Crippen LogP contribution in [-0.2, 0) is 0 Å². The predicted octanol–water partition coefficient (Wildman–Crippen LogP) is 3.00. The SMILES string of the molecule is CN(CC1(N(C)C)CCC1)c1ccc(C(N)=S)cc1Br. The van der Waals surface area contributed by atoms with Crippen molar-refractivity contribution in [3.63, 3.8) is 0 Å². The highest BCUT2D eigenvalue weighted by atomic mass is 79.9. The van der Waals surface area contributed by atoms with Crippen LogP contribution in [0.1, 0.15) is 24.8 Å². The molecule has 0 amide bonds. The Morgan fingerprint density at radius 2 is 2.00 bits per heavy atom. The molecule has 1 fully saturated rings. The molecule has 0 saturated heterocycles. The van der Waals surface area contributed by atoms with Gasteiger partial charge in [-0.25, -0.2) is 0 Å². The van der Waals surface area contributed by atoms with Crippen molar-refractivity contribution in [1.82, 2.24) is 4.90 Å². The van der Waals surface area contributed by atoms with E-state index in [0.29, 0.717) is 10.5 Å². The summed E-state index contributed by atoms with van der Waals surface area (Å²) in [5.41, 5.74) is 8.06. The molecular formula is C15H22BrN3S. The number of halogens is 1. The maximum absolute atomic E-state index is 5.67. The normalized spacial score (nSPS) is 16.9. The van der Waals surface area contributed by atoms with Crippen molar-refractivity contribution in [1.29, 1.82) is 0 Å². The van der Waals surface area contributed by atoms with Crippen LogP contribution in [0.3, 0.4) is 0 Å². The van der Waals surface area contributed by atoms with Gasteiger partial charge in [0.25, 0.3) is 0 Å². The molecule has 0 bridgehead atoms. The van der Waals surface area contributed by atoms with E-state index in [1.165, 1.54) is 24.9 Å². The van der Waals surface area contributed by atoms with Crippen molar-refractivity contribution in [3.05, 3.63) is 28.2 Å². The molecule has 2 N–H and O–H groups in total. The topological polar surface area (TPSA) is 32.5 Å². The van der Waals surface area contributed by atoms with Crippen molar-refractivity contribution in [2.24, 2.45) is 5.73 Å². The highest BCUT2D eigenvalue weighted by Crippen LogP contribution is 2.38. The predicted molar refractivity (Wildman–Crippen MR) is 93.6 cm³/mol. The summed E-state index contributed by atoms with van der Waals surface area (Å²) in [4.78, 5) is 5.11. The van der Waals surface area contributed by atoms with Crippen LogP contribution in [0.2, 0.25) is 0 Å². The minimum atomic E-state index is 0.316. The Labute approximate surface area is 135 Å². The highest BCUT2D eigenvalue weighted by molar-refractivity contribution is 9.10. The van der Waals surface area contributed by atoms with Crippen LogP contribution in [-0.4, -0.2) is 43.1 Å². The molecule has 2 rings (SSSR count). The van der Waals surface area contributed by atoms with E-state index in [9.17, 15) is 0 Å². The van der Waals surface area contributed by atoms with E-state index < -0.39 is 0 Å². The number of thiocarbonyl (C=S) groups is 1. The van der Waals surface area contributed by atoms with E-state index in [-0.39, 0.29) is 0 Å². The number of rotatable bonds is 5. The van der Waals surface area contributed by atoms with Gasteiger partial charge in [0, 0.05) is 29.2 Å². The second-order valence-electron chi connectivity index (χ2n) is 5.86. The van der Waals surface area contributed by atoms with Gasteiger partial charge >= 0.3 is 0 Å². The molecule has 0 heterocycles. The van der Waals surface area contributed by atoms with Crippen LogP contribution in [0.4, 0.5) is 5.69 Å². The quantitative estimate of drug-likeness (QED) is 0.823. The molecule has 0 aliphatic heterocycles. The van der Waals surface area contributed by atoms with Crippen molar-refractivity contribution < 1.29 is 0 Å². The fraction of sp³-hybridized carbons (Fsp3) is 0.533. The first-order valence-corrected chi connectivity index (χ1v) is 8.04. The molecule has 1 aromatic carbocycles. The van der Waals surface area contributed by atoms with Gasteiger partial charge in [-0.3, -0.25) is 0 Å². The molecule has 20 heavy (non-hydrogen) atoms. The van der Waals surface area contributed by atoms with Gasteiger partial charge in [-0.1, -0.05) is 12.2 Å². The van der Waals surface area contributed by atoms with Crippen molar-refractivity contribution in [2.45, 2.75) is 24.8 Å². The molecule has 1 aliphatic rings. The minimum Gasteiger partial charge on any atom is -0.389 e. The number of benzene rings is 1. The van der Waals surface area contributed by atoms with Gasteiger partial charge in [0.1, 0.15) is 4.99 Å². The molecule has 1 aliphatic carbocycles. The zero-order chi connectivity index (χ0) is 14.9. The lowest BCUT2D eigenvalue weighted by atomic mass is 9.75. The summed E-state index contributed by atoms with van der Waals surface area (Å²) >= 11 is 8.65. The van der Waals surface area contributed by atoms with Crippen LogP contribution in [0, 0.1) is 0 Å². The third-order valence-electron chi connectivity index (χ3n) is 4.41. The lowest BCUT2D eigenvalue weighted by Crippen LogP contribution is -2.56. The number of hydrogen-bond donors (Lipinski definition) is 1. The fourth-order valence-corrected chi connectivity index (χ4v) is 3.64. The number of anilines is 1. The molecule has 0 radical (unpaired) electrons. The van der Waals surface area contributed by atoms with Crippen molar-refractivity contribution in [3.8, 4) is 0 Å². The van der Waals surface area contributed by atoms with Crippen LogP contribution in [0.15, 0.2) is 22.7 Å². The molecule has 1 saturated carbocycles. The van der Waals surface area contributed by atoms with Crippen LogP contribution in [0.25, 0.3) is 0 Å². The molecule has 110 valence electrons. The van der Waals surface area contributed by atoms with E-state index >= 15 is 0 Å². The van der Waals surface area contributed by atoms with Crippen LogP contribution >= 0.6 is 28.1 Å². The summed E-state index contributed by atoms with van der Waals surface area (Å²) < 4.78 is 1.04. The first-order valence-electron chi connectivity index (χ1n) is 6.84. The van der Waals surface area contributed by atoms with E-state index in [4.69, 9.17) is 18.0 Å². The lowest BCUT2D eigenvalue weighted by Gasteiger charge is -2.49. The first-order chi connectivity index (χ1) is 9.35. The largest absolute Gasteiger partial charge is 0.389 e. The standard InChI is InChI=1S/C15H22BrN3S/c1-18(2)15(7-4-8-15)10-19(3)13-6-5-11(14(17)20)9-12(13)16/h5-6,9H,4,7-8,10H2,1-3H3,(H2,17,20). The van der Waals surface area contributed by atoms with Gasteiger partial charge in [0.15, 0.2) is 0 Å². The van der Waals surface area contributed by atoms with Gasteiger partial charge in [-0.05, 0) is 67.5 Å². The Kier molecular flexibility index (Phi) is 4.72. The Morgan fingerprint density at radius 3 is 2.40 bits per heavy atom. The summed E-state index contributed by atoms with van der Waals surface area (Å²) in [6, 6.07) is 6.07. The highest BCUT2D eigenvalue weighted by Gasteiger charge is 2.40. The lowest BCUT2D eigenvalue weighted by molar-refractivity contribution is 0.0683. The Balaban J connectivity index is 2.17. The summed E-state index contributed by atoms with van der Waals surface area (Å²) in [6.07, 6.45) is 3.87. The summed E-state index contributed by atoms with van der Waals surface area (Å²) in [5, 5.41) is 0. The fourth-order valence-electron chi connectivity index (χ4n) is 2.83. The minimum absolute atomic E-state index is 0.316. The van der Waals surface area contributed by atoms with E-state index in [2.05, 4.69) is 52.9 Å². The molecule has 1 aromatic rings. The van der Waals surface area contributed by atoms with Crippen molar-refractivity contribution >= 4 is 38.8 Å². The van der Waals surface area contributed by atoms with Crippen molar-refractivity contribution in [2.75, 3.05) is 32.6 Å². The molecule has 0 atom stereocenters. The molecule has 3 nitrogen and oxygen atoms in total. The number of likely N-dealkylation sites (N-methyl/N-ethyl adjacent to an activating group) is 2. The number of nitrogens with two attached hydrogens (primary N) is 1. The second kappa shape index (κ2) is 6.00. The van der Waals surface area contributed by atoms with Crippen LogP contribution < -0.4 is 10.6 Å². The summed E-state index contributed by atoms with van der Waals surface area (Å²) in [6.45, 7) is 1.03. The molecule has 0 aromatic heterocycles. The second-order valence-corrected chi connectivity index (χ2v) is 7.15. The van der Waals surface area contributed by atoms with E-state index in [0.717, 1.165) is 16.6 Å². The van der Waals surface area contributed by atoms with E-state index in [1.807, 2.05) is 12.1 Å². The smallest absolute Gasteiger partial charge is 0.104 e. The van der Waals surface area contributed by atoms with Crippen LogP contribution in [0.5, 0.6) is 0 Å². The van der Waals surface area contributed by atoms with Gasteiger partial charge in [0.2, 0.25) is 0 Å². The number of nitrogens with zero attached hydrogens (tertiary/aromatic N) is 2. The molecule has 5 heteroatoms. The molecule has 0 unspecified atom stereocenters. The Hall–Kier alpha value is -0.650. The Morgan fingerprint density at radius 1 is 1.35 bits per heavy atom. The maximum Gasteiger partial charge on any atom is 0.104 e. The average Bonchev–Trinajstić information content (AvgIpc) is 2.32. The number of hydrogen-bond acceptors (Lipinski definition) is 3. The van der Waals surface area contributed by atoms with Gasteiger partial charge in [0.05, 0.1) is 5.69 Å². The third kappa shape index (κ3) is 3.00. The molecule has 0 spiro atoms. The zero-order valence-corrected chi connectivity index (χ0v) is 14.7. The van der Waals surface area contributed by atoms with E-state index in [1.54, 1.807) is 0 Å². The maximum atomic E-state index is 5.67. The monoisotopic (exact) mass is 355 g/mol. The first kappa shape index (κ1) is 15.7. The molecular weight excluding hydrogens is 334 g/mol.